The molecule has 0 aliphatic carbocycles. The van der Waals surface area contributed by atoms with E-state index in [1.807, 2.05) is 6.07 Å². The number of carbonyl (C=O) groups is 2. The van der Waals surface area contributed by atoms with E-state index in [-0.39, 0.29) is 30.9 Å². The van der Waals surface area contributed by atoms with Crippen LogP contribution in [0.4, 0.5) is 5.69 Å². The summed E-state index contributed by atoms with van der Waals surface area (Å²) in [6.07, 6.45) is 2.04. The predicted molar refractivity (Wildman–Crippen MR) is 110 cm³/mol. The molecule has 2 aromatic rings. The van der Waals surface area contributed by atoms with Gasteiger partial charge >= 0.3 is 0 Å². The number of fused-ring (bicyclic) bond motifs is 1. The van der Waals surface area contributed by atoms with Crippen LogP contribution in [0.3, 0.4) is 0 Å². The summed E-state index contributed by atoms with van der Waals surface area (Å²) >= 11 is 0. The van der Waals surface area contributed by atoms with Gasteiger partial charge in [0.05, 0.1) is 5.92 Å². The second kappa shape index (κ2) is 8.15. The maximum atomic E-state index is 12.5. The third kappa shape index (κ3) is 4.21. The second-order valence-corrected chi connectivity index (χ2v) is 7.77. The molecule has 1 fully saturated rings. The van der Waals surface area contributed by atoms with Gasteiger partial charge in [-0.25, -0.2) is 0 Å². The number of rotatable bonds is 6. The van der Waals surface area contributed by atoms with Crippen LogP contribution in [0.2, 0.25) is 0 Å². The first kappa shape index (κ1) is 19.3. The molecule has 2 aliphatic heterocycles. The molecule has 152 valence electrons. The number of amides is 2. The van der Waals surface area contributed by atoms with E-state index in [1.54, 1.807) is 17.0 Å². The molecule has 29 heavy (non-hydrogen) atoms. The zero-order valence-electron chi connectivity index (χ0n) is 16.9. The topological polar surface area (TPSA) is 67.9 Å². The molecule has 0 unspecified atom stereocenters. The van der Waals surface area contributed by atoms with E-state index in [2.05, 4.69) is 37.4 Å². The summed E-state index contributed by atoms with van der Waals surface area (Å²) in [6.45, 7) is 5.41. The Balaban J connectivity index is 1.28. The maximum absolute atomic E-state index is 12.5. The van der Waals surface area contributed by atoms with Crippen LogP contribution in [-0.2, 0) is 16.0 Å². The molecule has 1 atom stereocenters. The average molecular weight is 394 g/mol. The molecule has 0 bridgehead atoms. The van der Waals surface area contributed by atoms with Crippen LogP contribution < -0.4 is 19.7 Å². The lowest BCUT2D eigenvalue weighted by atomic mass is 10.0. The number of benzene rings is 2. The summed E-state index contributed by atoms with van der Waals surface area (Å²) in [4.78, 5) is 26.6. The molecule has 6 heteroatoms. The van der Waals surface area contributed by atoms with Crippen LogP contribution >= 0.6 is 0 Å². The summed E-state index contributed by atoms with van der Waals surface area (Å²) < 4.78 is 10.7. The molecule has 0 spiro atoms. The molecule has 0 saturated carbocycles. The third-order valence-corrected chi connectivity index (χ3v) is 5.58. The Bertz CT molecular complexity index is 940. The zero-order chi connectivity index (χ0) is 20.4. The quantitative estimate of drug-likeness (QED) is 0.765. The van der Waals surface area contributed by atoms with Crippen LogP contribution in [-0.4, -0.2) is 31.7 Å². The summed E-state index contributed by atoms with van der Waals surface area (Å²) in [5, 5.41) is 3.00. The summed E-state index contributed by atoms with van der Waals surface area (Å²) in [7, 11) is 0. The molecule has 0 radical (unpaired) electrons. The van der Waals surface area contributed by atoms with E-state index in [0.29, 0.717) is 24.6 Å². The van der Waals surface area contributed by atoms with Crippen LogP contribution in [0.15, 0.2) is 36.4 Å². The molecular weight excluding hydrogens is 368 g/mol. The van der Waals surface area contributed by atoms with Gasteiger partial charge in [0.25, 0.3) is 0 Å². The Labute approximate surface area is 170 Å². The number of hydrogen-bond acceptors (Lipinski definition) is 4. The van der Waals surface area contributed by atoms with Gasteiger partial charge in [-0.15, -0.1) is 0 Å². The minimum Gasteiger partial charge on any atom is -0.454 e. The molecule has 4 rings (SSSR count). The van der Waals surface area contributed by atoms with Gasteiger partial charge in [0, 0.05) is 31.3 Å². The molecule has 6 nitrogen and oxygen atoms in total. The first-order valence-electron chi connectivity index (χ1n) is 10.0. The van der Waals surface area contributed by atoms with Crippen molar-refractivity contribution < 1.29 is 19.1 Å². The van der Waals surface area contributed by atoms with Gasteiger partial charge in [-0.05, 0) is 49.9 Å². The van der Waals surface area contributed by atoms with Crippen molar-refractivity contribution in [3.8, 4) is 11.5 Å². The summed E-state index contributed by atoms with van der Waals surface area (Å²) in [5.74, 6) is 0.892. The van der Waals surface area contributed by atoms with Crippen molar-refractivity contribution in [3.05, 3.63) is 53.1 Å². The fourth-order valence-corrected chi connectivity index (χ4v) is 3.95. The van der Waals surface area contributed by atoms with E-state index >= 15 is 0 Å². The predicted octanol–water partition coefficient (Wildman–Crippen LogP) is 3.13. The number of nitrogens with one attached hydrogen (secondary N) is 1. The van der Waals surface area contributed by atoms with Gasteiger partial charge < -0.3 is 19.7 Å². The number of anilines is 1. The lowest BCUT2D eigenvalue weighted by Crippen LogP contribution is -2.33. The molecule has 2 aliphatic rings. The van der Waals surface area contributed by atoms with E-state index in [9.17, 15) is 9.59 Å². The summed E-state index contributed by atoms with van der Waals surface area (Å²) in [6, 6.07) is 11.9. The number of ether oxygens (including phenoxy) is 2. The zero-order valence-corrected chi connectivity index (χ0v) is 16.9. The highest BCUT2D eigenvalue weighted by atomic mass is 16.7. The van der Waals surface area contributed by atoms with Gasteiger partial charge in [0.1, 0.15) is 0 Å². The van der Waals surface area contributed by atoms with Crippen molar-refractivity contribution in [3.63, 3.8) is 0 Å². The number of nitrogens with zero attached hydrogens (tertiary/aromatic N) is 1. The highest BCUT2D eigenvalue weighted by Gasteiger charge is 2.35. The molecule has 2 amide bonds. The largest absolute Gasteiger partial charge is 0.454 e. The van der Waals surface area contributed by atoms with Gasteiger partial charge in [-0.3, -0.25) is 9.59 Å². The monoisotopic (exact) mass is 394 g/mol. The van der Waals surface area contributed by atoms with Gasteiger partial charge in [0.15, 0.2) is 11.5 Å². The van der Waals surface area contributed by atoms with Crippen molar-refractivity contribution in [2.24, 2.45) is 5.92 Å². The number of hydrogen-bond donors (Lipinski definition) is 1. The highest BCUT2D eigenvalue weighted by molar-refractivity contribution is 6.00. The molecule has 1 saturated heterocycles. The smallest absolute Gasteiger partial charge is 0.231 e. The maximum Gasteiger partial charge on any atom is 0.231 e. The first-order valence-corrected chi connectivity index (χ1v) is 10.0. The van der Waals surface area contributed by atoms with Crippen LogP contribution in [0.1, 0.15) is 29.5 Å². The lowest BCUT2D eigenvalue weighted by Gasteiger charge is -2.17. The van der Waals surface area contributed by atoms with Gasteiger partial charge in [-0.2, -0.15) is 0 Å². The minimum atomic E-state index is -0.325. The van der Waals surface area contributed by atoms with Crippen LogP contribution in [0.25, 0.3) is 0 Å². The highest BCUT2D eigenvalue weighted by Crippen LogP contribution is 2.37. The third-order valence-electron chi connectivity index (χ3n) is 5.58. The van der Waals surface area contributed by atoms with Crippen molar-refractivity contribution in [1.82, 2.24) is 5.32 Å². The Morgan fingerprint density at radius 2 is 1.97 bits per heavy atom. The average Bonchev–Trinajstić information content (AvgIpc) is 3.32. The van der Waals surface area contributed by atoms with E-state index in [4.69, 9.17) is 9.47 Å². The fourth-order valence-electron chi connectivity index (χ4n) is 3.95. The standard InChI is InChI=1S/C23H26N2O4/c1-15-5-6-17(16(2)10-15)4-3-9-24-23(27)18-11-22(26)25(13-18)19-7-8-20-21(12-19)29-14-28-20/h5-8,10,12,18H,3-4,9,11,13-14H2,1-2H3,(H,24,27)/t18-/m1/s1. The van der Waals surface area contributed by atoms with Crippen LogP contribution in [0, 0.1) is 19.8 Å². The van der Waals surface area contributed by atoms with Crippen molar-refractivity contribution in [2.75, 3.05) is 24.8 Å². The molecule has 1 N–H and O–H groups in total. The number of carbonyl (C=O) groups excluding carboxylic acids is 2. The number of aryl methyl sites for hydroxylation is 3. The Hall–Kier alpha value is -3.02. The van der Waals surface area contributed by atoms with Crippen LogP contribution in [0.5, 0.6) is 11.5 Å². The van der Waals surface area contributed by atoms with Crippen molar-refractivity contribution >= 4 is 17.5 Å². The summed E-state index contributed by atoms with van der Waals surface area (Å²) in [5.41, 5.74) is 4.61. The SMILES string of the molecule is Cc1ccc(CCCNC(=O)[C@@H]2CC(=O)N(c3ccc4c(c3)OCO4)C2)c(C)c1. The molecule has 0 aromatic heterocycles. The van der Waals surface area contributed by atoms with Gasteiger partial charge in [-0.1, -0.05) is 23.8 Å². The van der Waals surface area contributed by atoms with Crippen molar-refractivity contribution in [1.29, 1.82) is 0 Å². The molecule has 2 heterocycles. The normalized spacial score (nSPS) is 17.7. The molecule has 2 aromatic carbocycles. The Morgan fingerprint density at radius 3 is 2.79 bits per heavy atom. The Morgan fingerprint density at radius 1 is 1.14 bits per heavy atom. The van der Waals surface area contributed by atoms with Crippen molar-refractivity contribution in [2.45, 2.75) is 33.1 Å². The van der Waals surface area contributed by atoms with E-state index in [1.165, 1.54) is 16.7 Å². The lowest BCUT2D eigenvalue weighted by molar-refractivity contribution is -0.126. The van der Waals surface area contributed by atoms with E-state index in [0.717, 1.165) is 18.5 Å². The fraction of sp³-hybridized carbons (Fsp3) is 0.391. The first-order chi connectivity index (χ1) is 14.0. The van der Waals surface area contributed by atoms with Gasteiger partial charge in [0.2, 0.25) is 18.6 Å². The molecular formula is C23H26N2O4. The second-order valence-electron chi connectivity index (χ2n) is 7.77. The Kier molecular flexibility index (Phi) is 5.43. The minimum absolute atomic E-state index is 0.0423. The van der Waals surface area contributed by atoms with E-state index < -0.39 is 0 Å².